The van der Waals surface area contributed by atoms with Crippen molar-refractivity contribution in [1.82, 2.24) is 19.3 Å². The smallest absolute Gasteiger partial charge is 0.264 e. The van der Waals surface area contributed by atoms with Gasteiger partial charge >= 0.3 is 0 Å². The number of halogens is 1. The summed E-state index contributed by atoms with van der Waals surface area (Å²) in [7, 11) is 1.72. The number of rotatable bonds is 3. The Morgan fingerprint density at radius 1 is 1.38 bits per heavy atom. The quantitative estimate of drug-likeness (QED) is 0.796. The molecule has 0 bridgehead atoms. The van der Waals surface area contributed by atoms with E-state index in [1.807, 2.05) is 0 Å². The fourth-order valence-corrected chi connectivity index (χ4v) is 2.49. The third-order valence-corrected chi connectivity index (χ3v) is 3.70. The van der Waals surface area contributed by atoms with Crippen LogP contribution in [0.15, 0.2) is 41.6 Å². The highest BCUT2D eigenvalue weighted by Crippen LogP contribution is 2.23. The van der Waals surface area contributed by atoms with E-state index in [1.54, 1.807) is 31.3 Å². The second kappa shape index (κ2) is 5.31. The summed E-state index contributed by atoms with van der Waals surface area (Å²) in [5, 5.41) is 15.2. The van der Waals surface area contributed by atoms with Gasteiger partial charge in [-0.3, -0.25) is 14.0 Å². The number of nitrogens with zero attached hydrogens (tertiary/aromatic N) is 4. The third-order valence-electron chi connectivity index (χ3n) is 3.35. The minimum Gasteiger partial charge on any atom is -0.386 e. The second-order valence-electron chi connectivity index (χ2n) is 4.74. The second-order valence-corrected chi connectivity index (χ2v) is 5.15. The van der Waals surface area contributed by atoms with Crippen molar-refractivity contribution in [2.24, 2.45) is 7.05 Å². The molecule has 6 nitrogen and oxygen atoms in total. The molecule has 0 fully saturated rings. The lowest BCUT2D eigenvalue weighted by atomic mass is 10.1. The van der Waals surface area contributed by atoms with Crippen molar-refractivity contribution < 1.29 is 5.11 Å². The standard InChI is InChI=1S/C14H13ClN4O2/c1-18-13-10(6-17-18)14(21)19(8-16-13)7-12(20)9-4-2-3-5-11(9)15/h2-6,8,12,20H,7H2,1H3/t12-/m1/s1. The molecule has 108 valence electrons. The summed E-state index contributed by atoms with van der Waals surface area (Å²) in [5.74, 6) is 0. The van der Waals surface area contributed by atoms with Crippen molar-refractivity contribution in [2.45, 2.75) is 12.6 Å². The van der Waals surface area contributed by atoms with Crippen molar-refractivity contribution >= 4 is 22.6 Å². The van der Waals surface area contributed by atoms with E-state index in [1.165, 1.54) is 21.8 Å². The van der Waals surface area contributed by atoms with Crippen LogP contribution in [0.3, 0.4) is 0 Å². The van der Waals surface area contributed by atoms with Gasteiger partial charge in [0, 0.05) is 17.6 Å². The van der Waals surface area contributed by atoms with Crippen LogP contribution < -0.4 is 5.56 Å². The van der Waals surface area contributed by atoms with Crippen LogP contribution in [0.2, 0.25) is 5.02 Å². The number of benzene rings is 1. The maximum atomic E-state index is 12.3. The minimum absolute atomic E-state index is 0.0837. The summed E-state index contributed by atoms with van der Waals surface area (Å²) in [6.45, 7) is 0.0837. The van der Waals surface area contributed by atoms with E-state index in [0.717, 1.165) is 0 Å². The maximum absolute atomic E-state index is 12.3. The fourth-order valence-electron chi connectivity index (χ4n) is 2.23. The van der Waals surface area contributed by atoms with Gasteiger partial charge in [0.15, 0.2) is 5.65 Å². The van der Waals surface area contributed by atoms with Gasteiger partial charge in [-0.25, -0.2) is 4.98 Å². The number of aryl methyl sites for hydroxylation is 1. The zero-order valence-electron chi connectivity index (χ0n) is 11.3. The molecule has 0 amide bonds. The van der Waals surface area contributed by atoms with E-state index in [9.17, 15) is 9.90 Å². The number of aliphatic hydroxyl groups is 1. The van der Waals surface area contributed by atoms with Gasteiger partial charge in [-0.1, -0.05) is 29.8 Å². The summed E-state index contributed by atoms with van der Waals surface area (Å²) < 4.78 is 2.89. The first-order valence-electron chi connectivity index (χ1n) is 6.37. The summed E-state index contributed by atoms with van der Waals surface area (Å²) >= 11 is 6.05. The van der Waals surface area contributed by atoms with Crippen LogP contribution in [-0.4, -0.2) is 24.4 Å². The molecule has 0 aliphatic heterocycles. The van der Waals surface area contributed by atoms with Crippen molar-refractivity contribution in [1.29, 1.82) is 0 Å². The molecule has 21 heavy (non-hydrogen) atoms. The van der Waals surface area contributed by atoms with E-state index in [-0.39, 0.29) is 12.1 Å². The van der Waals surface area contributed by atoms with Crippen LogP contribution >= 0.6 is 11.6 Å². The van der Waals surface area contributed by atoms with Crippen LogP contribution in [-0.2, 0) is 13.6 Å². The lowest BCUT2D eigenvalue weighted by Gasteiger charge is -2.14. The number of fused-ring (bicyclic) bond motifs is 1. The number of hydrogen-bond donors (Lipinski definition) is 1. The van der Waals surface area contributed by atoms with Crippen molar-refractivity contribution in [3.8, 4) is 0 Å². The van der Waals surface area contributed by atoms with Gasteiger partial charge in [-0.15, -0.1) is 0 Å². The number of aromatic nitrogens is 4. The topological polar surface area (TPSA) is 72.9 Å². The number of aliphatic hydroxyl groups excluding tert-OH is 1. The molecule has 2 aromatic heterocycles. The van der Waals surface area contributed by atoms with Gasteiger partial charge in [0.2, 0.25) is 0 Å². The fraction of sp³-hybridized carbons (Fsp3) is 0.214. The molecule has 0 aliphatic carbocycles. The van der Waals surface area contributed by atoms with Gasteiger partial charge in [0.05, 0.1) is 18.8 Å². The van der Waals surface area contributed by atoms with Crippen molar-refractivity contribution in [2.75, 3.05) is 0 Å². The molecule has 0 saturated carbocycles. The average molecular weight is 305 g/mol. The highest BCUT2D eigenvalue weighted by Gasteiger charge is 2.14. The monoisotopic (exact) mass is 304 g/mol. The first-order chi connectivity index (χ1) is 10.1. The Morgan fingerprint density at radius 3 is 2.90 bits per heavy atom. The first kappa shape index (κ1) is 13.8. The molecular formula is C14H13ClN4O2. The Hall–Kier alpha value is -2.18. The highest BCUT2D eigenvalue weighted by molar-refractivity contribution is 6.31. The molecule has 1 N–H and O–H groups in total. The molecule has 1 atom stereocenters. The SMILES string of the molecule is Cn1ncc2c(=O)n(C[C@@H](O)c3ccccc3Cl)cnc21. The molecule has 0 spiro atoms. The summed E-state index contributed by atoms with van der Waals surface area (Å²) in [6.07, 6.45) is 2.00. The molecule has 0 radical (unpaired) electrons. The van der Waals surface area contributed by atoms with Crippen molar-refractivity contribution in [3.63, 3.8) is 0 Å². The molecule has 3 aromatic rings. The molecule has 3 rings (SSSR count). The first-order valence-corrected chi connectivity index (χ1v) is 6.75. The van der Waals surface area contributed by atoms with Gasteiger partial charge in [0.1, 0.15) is 11.7 Å². The van der Waals surface area contributed by atoms with E-state index < -0.39 is 6.10 Å². The molecule has 1 aromatic carbocycles. The van der Waals surface area contributed by atoms with Crippen LogP contribution in [0.5, 0.6) is 0 Å². The van der Waals surface area contributed by atoms with E-state index >= 15 is 0 Å². The molecule has 0 saturated heterocycles. The lowest BCUT2D eigenvalue weighted by molar-refractivity contribution is 0.155. The molecule has 0 unspecified atom stereocenters. The van der Waals surface area contributed by atoms with Gasteiger partial charge in [-0.05, 0) is 6.07 Å². The van der Waals surface area contributed by atoms with Gasteiger partial charge < -0.3 is 5.11 Å². The summed E-state index contributed by atoms with van der Waals surface area (Å²) in [4.78, 5) is 16.5. The highest BCUT2D eigenvalue weighted by atomic mass is 35.5. The zero-order valence-corrected chi connectivity index (χ0v) is 12.0. The molecule has 2 heterocycles. The normalized spacial score (nSPS) is 12.7. The van der Waals surface area contributed by atoms with E-state index in [4.69, 9.17) is 11.6 Å². The Balaban J connectivity index is 1.97. The molecule has 7 heteroatoms. The Morgan fingerprint density at radius 2 is 2.14 bits per heavy atom. The molecular weight excluding hydrogens is 292 g/mol. The minimum atomic E-state index is -0.882. The van der Waals surface area contributed by atoms with Crippen LogP contribution in [0.1, 0.15) is 11.7 Å². The summed E-state index contributed by atoms with van der Waals surface area (Å²) in [6, 6.07) is 7.00. The van der Waals surface area contributed by atoms with Gasteiger partial charge in [0.25, 0.3) is 5.56 Å². The van der Waals surface area contributed by atoms with E-state index in [0.29, 0.717) is 21.6 Å². The summed E-state index contributed by atoms with van der Waals surface area (Å²) in [5.41, 5.74) is 0.861. The molecule has 0 aliphatic rings. The van der Waals surface area contributed by atoms with Gasteiger partial charge in [-0.2, -0.15) is 5.10 Å². The maximum Gasteiger partial charge on any atom is 0.264 e. The predicted octanol–water partition coefficient (Wildman–Crippen LogP) is 1.52. The van der Waals surface area contributed by atoms with Crippen molar-refractivity contribution in [3.05, 3.63) is 57.7 Å². The third kappa shape index (κ3) is 2.43. The van der Waals surface area contributed by atoms with Crippen LogP contribution in [0.25, 0.3) is 11.0 Å². The van der Waals surface area contributed by atoms with E-state index in [2.05, 4.69) is 10.1 Å². The largest absolute Gasteiger partial charge is 0.386 e. The Bertz CT molecular complexity index is 856. The van der Waals surface area contributed by atoms with Crippen LogP contribution in [0.4, 0.5) is 0 Å². The average Bonchev–Trinajstić information content (AvgIpc) is 2.84. The number of hydrogen-bond acceptors (Lipinski definition) is 4. The van der Waals surface area contributed by atoms with Crippen LogP contribution in [0, 0.1) is 0 Å². The zero-order chi connectivity index (χ0) is 15.0. The Labute approximate surface area is 125 Å². The Kier molecular flexibility index (Phi) is 3.48. The lowest BCUT2D eigenvalue weighted by Crippen LogP contribution is -2.23. The predicted molar refractivity (Wildman–Crippen MR) is 79.2 cm³/mol.